The number of aliphatic hydroxyl groups excluding tert-OH is 1. The highest BCUT2D eigenvalue weighted by Gasteiger charge is 2.30. The fourth-order valence-electron chi connectivity index (χ4n) is 12.2. The molecule has 19 heteroatoms. The lowest BCUT2D eigenvalue weighted by atomic mass is 10.0. The summed E-state index contributed by atoms with van der Waals surface area (Å²) in [6.45, 7) is 7.18. The van der Waals surface area contributed by atoms with Crippen molar-refractivity contribution in [1.29, 1.82) is 0 Å². The van der Waals surface area contributed by atoms with E-state index in [-0.39, 0.29) is 25.7 Å². The number of hydrogen-bond donors (Lipinski definition) is 3. The number of hydrogen-bond acceptors (Lipinski definition) is 15. The number of ether oxygens (including phenoxy) is 4. The Bertz CT molecular complexity index is 1870. The average Bonchev–Trinajstić information content (AvgIpc) is 1.26. The zero-order chi connectivity index (χ0) is 71.9. The Morgan fingerprint density at radius 2 is 0.469 bits per heavy atom. The highest BCUT2D eigenvalue weighted by molar-refractivity contribution is 7.47. The molecule has 0 aromatic heterocycles. The molecular weight excluding hydrogens is 1280 g/mol. The number of esters is 4. The van der Waals surface area contributed by atoms with Gasteiger partial charge in [-0.1, -0.05) is 369 Å². The van der Waals surface area contributed by atoms with E-state index in [1.807, 2.05) is 0 Å². The first kappa shape index (κ1) is 96.1. The van der Waals surface area contributed by atoms with E-state index in [1.165, 1.54) is 238 Å². The van der Waals surface area contributed by atoms with Crippen LogP contribution in [0.5, 0.6) is 0 Å². The lowest BCUT2D eigenvalue weighted by Gasteiger charge is -2.21. The first-order valence-electron chi connectivity index (χ1n) is 41.1. The van der Waals surface area contributed by atoms with Gasteiger partial charge in [-0.05, 0) is 31.6 Å². The van der Waals surface area contributed by atoms with Crippen molar-refractivity contribution in [2.24, 2.45) is 5.92 Å². The second kappa shape index (κ2) is 72.0. The van der Waals surface area contributed by atoms with Crippen molar-refractivity contribution < 1.29 is 80.2 Å². The van der Waals surface area contributed by atoms with Gasteiger partial charge in [-0.25, -0.2) is 9.13 Å². The van der Waals surface area contributed by atoms with E-state index in [0.29, 0.717) is 31.6 Å². The summed E-state index contributed by atoms with van der Waals surface area (Å²) in [4.78, 5) is 72.7. The number of phosphoric acid groups is 2. The molecule has 0 aromatic carbocycles. The molecule has 0 radical (unpaired) electrons. The minimum absolute atomic E-state index is 0.102. The minimum atomic E-state index is -4.96. The maximum Gasteiger partial charge on any atom is 0.472 e. The third-order valence-electron chi connectivity index (χ3n) is 18.5. The maximum atomic E-state index is 13.1. The Balaban J connectivity index is 5.14. The van der Waals surface area contributed by atoms with Gasteiger partial charge >= 0.3 is 39.5 Å². The highest BCUT2D eigenvalue weighted by Crippen LogP contribution is 2.45. The lowest BCUT2D eigenvalue weighted by molar-refractivity contribution is -0.161. The first-order chi connectivity index (χ1) is 47.5. The van der Waals surface area contributed by atoms with E-state index in [1.54, 1.807) is 0 Å². The van der Waals surface area contributed by atoms with Gasteiger partial charge < -0.3 is 33.8 Å². The largest absolute Gasteiger partial charge is 0.472 e. The van der Waals surface area contributed by atoms with E-state index in [0.717, 1.165) is 96.3 Å². The predicted molar refractivity (Wildman–Crippen MR) is 400 cm³/mol. The standard InChI is InChI=1S/C79H154O17P2/c1-6-9-12-15-18-21-23-25-27-29-31-33-35-37-39-41-43-45-48-54-59-64-78(83)95-74(68-90-77(82)63-58-53-47-44-42-40-38-36-34-32-30-28-26-24-22-19-16-13-10-7-2)70-93-97(85,86)91-66-73(80)67-92-98(87,88)94-71-75(69-89-76(81)62-57-52-46-20-17-14-11-8-3)96-79(84)65-60-55-50-49-51-56-61-72(4)5/h72-75,80H,6-71H2,1-5H3,(H,85,86)(H,87,88)/t73-,74-,75-/m1/s1. The van der Waals surface area contributed by atoms with Crippen LogP contribution in [-0.2, 0) is 65.4 Å². The van der Waals surface area contributed by atoms with Gasteiger partial charge in [-0.3, -0.25) is 37.3 Å². The highest BCUT2D eigenvalue weighted by atomic mass is 31.2. The molecule has 5 atom stereocenters. The fourth-order valence-corrected chi connectivity index (χ4v) is 13.8. The molecule has 0 spiro atoms. The van der Waals surface area contributed by atoms with Crippen LogP contribution in [0.15, 0.2) is 0 Å². The molecule has 0 aliphatic carbocycles. The van der Waals surface area contributed by atoms with Crippen molar-refractivity contribution in [3.8, 4) is 0 Å². The van der Waals surface area contributed by atoms with E-state index < -0.39 is 97.5 Å². The second-order valence-electron chi connectivity index (χ2n) is 28.9. The first-order valence-corrected chi connectivity index (χ1v) is 44.1. The third-order valence-corrected chi connectivity index (χ3v) is 20.4. The van der Waals surface area contributed by atoms with Gasteiger partial charge in [0, 0.05) is 25.7 Å². The van der Waals surface area contributed by atoms with Gasteiger partial charge in [0.05, 0.1) is 26.4 Å². The topological polar surface area (TPSA) is 237 Å². The molecule has 0 saturated heterocycles. The summed E-state index contributed by atoms with van der Waals surface area (Å²) >= 11 is 0. The Morgan fingerprint density at radius 1 is 0.276 bits per heavy atom. The number of unbranched alkanes of at least 4 members (excludes halogenated alkanes) is 51. The van der Waals surface area contributed by atoms with Gasteiger partial charge in [-0.15, -0.1) is 0 Å². The molecule has 98 heavy (non-hydrogen) atoms. The van der Waals surface area contributed by atoms with Crippen LogP contribution in [0.1, 0.15) is 420 Å². The summed E-state index contributed by atoms with van der Waals surface area (Å²) in [7, 11) is -9.91. The molecule has 0 amide bonds. The number of carbonyl (C=O) groups is 4. The van der Waals surface area contributed by atoms with Gasteiger partial charge in [0.1, 0.15) is 19.3 Å². The van der Waals surface area contributed by atoms with E-state index in [9.17, 15) is 43.2 Å². The molecule has 0 aliphatic heterocycles. The van der Waals surface area contributed by atoms with Gasteiger partial charge in [0.2, 0.25) is 0 Å². The second-order valence-corrected chi connectivity index (χ2v) is 31.8. The van der Waals surface area contributed by atoms with E-state index in [4.69, 9.17) is 37.0 Å². The molecule has 582 valence electrons. The van der Waals surface area contributed by atoms with Crippen LogP contribution in [0.3, 0.4) is 0 Å². The van der Waals surface area contributed by atoms with Gasteiger partial charge in [0.15, 0.2) is 12.2 Å². The molecule has 0 rings (SSSR count). The van der Waals surface area contributed by atoms with Gasteiger partial charge in [-0.2, -0.15) is 0 Å². The molecule has 17 nitrogen and oxygen atoms in total. The molecule has 0 fully saturated rings. The molecule has 0 bridgehead atoms. The summed E-state index contributed by atoms with van der Waals surface area (Å²) in [5, 5.41) is 10.6. The quantitative estimate of drug-likeness (QED) is 0.0222. The predicted octanol–water partition coefficient (Wildman–Crippen LogP) is 23.6. The molecule has 3 N–H and O–H groups in total. The van der Waals surface area contributed by atoms with Crippen LogP contribution in [0.4, 0.5) is 0 Å². The Kier molecular flexibility index (Phi) is 70.6. The minimum Gasteiger partial charge on any atom is -0.462 e. The number of carbonyl (C=O) groups excluding carboxylic acids is 4. The molecular formula is C79H154O17P2. The van der Waals surface area contributed by atoms with Crippen molar-refractivity contribution >= 4 is 39.5 Å². The molecule has 0 aromatic rings. The zero-order valence-corrected chi connectivity index (χ0v) is 65.7. The van der Waals surface area contributed by atoms with Gasteiger partial charge in [0.25, 0.3) is 0 Å². The average molecular weight is 1440 g/mol. The molecule has 0 aliphatic rings. The van der Waals surface area contributed by atoms with E-state index >= 15 is 0 Å². The van der Waals surface area contributed by atoms with Crippen LogP contribution in [0.2, 0.25) is 0 Å². The summed E-state index contributed by atoms with van der Waals surface area (Å²) < 4.78 is 68.4. The zero-order valence-electron chi connectivity index (χ0n) is 63.9. The van der Waals surface area contributed by atoms with Crippen molar-refractivity contribution in [2.45, 2.75) is 438 Å². The Hall–Kier alpha value is -1.94. The molecule has 0 saturated carbocycles. The van der Waals surface area contributed by atoms with Crippen LogP contribution in [0.25, 0.3) is 0 Å². The fraction of sp³-hybridized carbons (Fsp3) is 0.949. The summed E-state index contributed by atoms with van der Waals surface area (Å²) in [5.74, 6) is -1.45. The summed E-state index contributed by atoms with van der Waals surface area (Å²) in [6.07, 6.45) is 63.0. The SMILES string of the molecule is CCCCCCCCCCCCCCCCCCCCCCCC(=O)O[C@H](COC(=O)CCCCCCCCCCCCCCCCCCCCCC)COP(=O)(O)OC[C@@H](O)COP(=O)(O)OC[C@@H](COC(=O)CCCCCCCCCC)OC(=O)CCCCCCCCC(C)C. The maximum absolute atomic E-state index is 13.1. The number of rotatable bonds is 79. The van der Waals surface area contributed by atoms with Crippen LogP contribution < -0.4 is 0 Å². The monoisotopic (exact) mass is 1440 g/mol. The Morgan fingerprint density at radius 3 is 0.694 bits per heavy atom. The van der Waals surface area contributed by atoms with Crippen LogP contribution in [0, 0.1) is 5.92 Å². The van der Waals surface area contributed by atoms with Crippen molar-refractivity contribution in [2.75, 3.05) is 39.6 Å². The van der Waals surface area contributed by atoms with Crippen molar-refractivity contribution in [1.82, 2.24) is 0 Å². The van der Waals surface area contributed by atoms with Crippen LogP contribution >= 0.6 is 15.6 Å². The molecule has 0 heterocycles. The number of phosphoric ester groups is 2. The smallest absolute Gasteiger partial charge is 0.462 e. The normalized spacial score (nSPS) is 13.9. The van der Waals surface area contributed by atoms with Crippen molar-refractivity contribution in [3.63, 3.8) is 0 Å². The van der Waals surface area contributed by atoms with Crippen molar-refractivity contribution in [3.05, 3.63) is 0 Å². The summed E-state index contributed by atoms with van der Waals surface area (Å²) in [6, 6.07) is 0. The molecule has 2 unspecified atom stereocenters. The summed E-state index contributed by atoms with van der Waals surface area (Å²) in [5.41, 5.74) is 0. The third kappa shape index (κ3) is 72.4. The lowest BCUT2D eigenvalue weighted by Crippen LogP contribution is -2.30. The van der Waals surface area contributed by atoms with E-state index in [2.05, 4.69) is 34.6 Å². The van der Waals surface area contributed by atoms with Crippen LogP contribution in [-0.4, -0.2) is 96.7 Å². The Labute approximate surface area is 600 Å². The number of aliphatic hydroxyl groups is 1.